The first kappa shape index (κ1) is 27.1. The first-order valence-corrected chi connectivity index (χ1v) is 13.0. The molecule has 38 heavy (non-hydrogen) atoms. The smallest absolute Gasteiger partial charge is 0.411 e. The minimum Gasteiger partial charge on any atom is -0.448 e. The van der Waals surface area contributed by atoms with Gasteiger partial charge in [-0.15, -0.1) is 0 Å². The Kier molecular flexibility index (Phi) is 8.97. The molecule has 0 saturated carbocycles. The van der Waals surface area contributed by atoms with Gasteiger partial charge in [-0.3, -0.25) is 19.9 Å². The van der Waals surface area contributed by atoms with Crippen LogP contribution >= 0.6 is 11.6 Å². The van der Waals surface area contributed by atoms with E-state index >= 15 is 0 Å². The van der Waals surface area contributed by atoms with Gasteiger partial charge in [-0.25, -0.2) is 4.79 Å². The summed E-state index contributed by atoms with van der Waals surface area (Å²) in [4.78, 5) is 44.8. The van der Waals surface area contributed by atoms with Crippen molar-refractivity contribution >= 4 is 35.2 Å². The number of halogens is 1. The molecule has 9 heteroatoms. The first-order chi connectivity index (χ1) is 18.4. The molecule has 2 N–H and O–H groups in total. The zero-order chi connectivity index (χ0) is 27.0. The van der Waals surface area contributed by atoms with Crippen LogP contribution in [-0.4, -0.2) is 47.5 Å². The van der Waals surface area contributed by atoms with E-state index in [1.54, 1.807) is 29.3 Å². The lowest BCUT2D eigenvalue weighted by atomic mass is 9.78. The summed E-state index contributed by atoms with van der Waals surface area (Å²) in [6.45, 7) is 2.87. The van der Waals surface area contributed by atoms with E-state index < -0.39 is 11.5 Å². The van der Waals surface area contributed by atoms with E-state index in [-0.39, 0.29) is 25.0 Å². The van der Waals surface area contributed by atoms with Gasteiger partial charge in [-0.1, -0.05) is 48.9 Å². The summed E-state index contributed by atoms with van der Waals surface area (Å²) in [5.41, 5.74) is 2.06. The van der Waals surface area contributed by atoms with Crippen molar-refractivity contribution in [1.29, 1.82) is 0 Å². The van der Waals surface area contributed by atoms with Crippen LogP contribution in [0.15, 0.2) is 73.1 Å². The van der Waals surface area contributed by atoms with Crippen LogP contribution in [0.1, 0.15) is 41.3 Å². The molecule has 0 aliphatic carbocycles. The Bertz CT molecular complexity index is 1260. The van der Waals surface area contributed by atoms with Gasteiger partial charge in [0.1, 0.15) is 6.61 Å². The van der Waals surface area contributed by atoms with Crippen LogP contribution in [0.4, 0.5) is 10.5 Å². The highest BCUT2D eigenvalue weighted by Gasteiger charge is 2.43. The normalized spacial score (nSPS) is 14.4. The average molecular weight is 535 g/mol. The number of anilines is 1. The quantitative estimate of drug-likeness (QED) is 0.419. The van der Waals surface area contributed by atoms with Gasteiger partial charge >= 0.3 is 6.09 Å². The SMILES string of the molecule is CCc1ccc(NC(=O)OCC2(C(=O)NCc3ccccc3Cl)CCN(C(=O)c3cccnc3)CC2)cc1. The molecule has 2 aromatic carbocycles. The summed E-state index contributed by atoms with van der Waals surface area (Å²) in [5, 5.41) is 6.24. The number of nitrogens with one attached hydrogen (secondary N) is 2. The maximum Gasteiger partial charge on any atom is 0.411 e. The van der Waals surface area contributed by atoms with Gasteiger partial charge in [0.15, 0.2) is 0 Å². The van der Waals surface area contributed by atoms with Crippen LogP contribution in [0.3, 0.4) is 0 Å². The Morgan fingerprint density at radius 2 is 1.76 bits per heavy atom. The molecule has 0 bridgehead atoms. The molecule has 1 aliphatic heterocycles. The second-order valence-corrected chi connectivity index (χ2v) is 9.75. The van der Waals surface area contributed by atoms with Gasteiger partial charge in [-0.2, -0.15) is 0 Å². The van der Waals surface area contributed by atoms with E-state index in [0.717, 1.165) is 17.5 Å². The van der Waals surface area contributed by atoms with Crippen LogP contribution in [0.5, 0.6) is 0 Å². The fourth-order valence-electron chi connectivity index (χ4n) is 4.43. The number of hydrogen-bond acceptors (Lipinski definition) is 5. The number of carbonyl (C=O) groups is 3. The first-order valence-electron chi connectivity index (χ1n) is 12.6. The van der Waals surface area contributed by atoms with Crippen molar-refractivity contribution in [3.63, 3.8) is 0 Å². The zero-order valence-corrected chi connectivity index (χ0v) is 22.0. The van der Waals surface area contributed by atoms with Gasteiger partial charge in [-0.05, 0) is 60.7 Å². The second-order valence-electron chi connectivity index (χ2n) is 9.34. The van der Waals surface area contributed by atoms with Crippen molar-refractivity contribution in [1.82, 2.24) is 15.2 Å². The molecule has 0 atom stereocenters. The van der Waals surface area contributed by atoms with Gasteiger partial charge in [0.25, 0.3) is 5.91 Å². The molecule has 3 amide bonds. The van der Waals surface area contributed by atoms with Crippen LogP contribution in [0, 0.1) is 5.41 Å². The fraction of sp³-hybridized carbons (Fsp3) is 0.310. The van der Waals surface area contributed by atoms with Crippen molar-refractivity contribution in [2.75, 3.05) is 25.0 Å². The van der Waals surface area contributed by atoms with Crippen molar-refractivity contribution < 1.29 is 19.1 Å². The molecule has 198 valence electrons. The number of aryl methyl sites for hydroxylation is 1. The number of benzene rings is 2. The van der Waals surface area contributed by atoms with E-state index in [1.165, 1.54) is 6.20 Å². The fourth-order valence-corrected chi connectivity index (χ4v) is 4.64. The molecule has 0 spiro atoms. The van der Waals surface area contributed by atoms with Crippen molar-refractivity contribution in [3.8, 4) is 0 Å². The minimum absolute atomic E-state index is 0.116. The molecule has 8 nitrogen and oxygen atoms in total. The minimum atomic E-state index is -0.990. The average Bonchev–Trinajstić information content (AvgIpc) is 2.96. The van der Waals surface area contributed by atoms with E-state index in [2.05, 4.69) is 22.5 Å². The summed E-state index contributed by atoms with van der Waals surface area (Å²) in [7, 11) is 0. The van der Waals surface area contributed by atoms with Crippen molar-refractivity contribution in [2.45, 2.75) is 32.7 Å². The predicted molar refractivity (Wildman–Crippen MR) is 146 cm³/mol. The molecule has 3 aromatic rings. The standard InChI is InChI=1S/C29H31ClN4O4/c1-2-21-9-11-24(12-10-21)33-28(37)38-20-29(27(36)32-19-22-6-3-4-8-25(22)30)13-16-34(17-14-29)26(35)23-7-5-15-31-18-23/h3-12,15,18H,2,13-14,16-17,19-20H2,1H3,(H,32,36)(H,33,37). The van der Waals surface area contributed by atoms with Crippen LogP contribution in [0.2, 0.25) is 5.02 Å². The Labute approximate surface area is 227 Å². The van der Waals surface area contributed by atoms with E-state index in [4.69, 9.17) is 16.3 Å². The molecule has 4 rings (SSSR count). The number of hydrogen-bond donors (Lipinski definition) is 2. The molecule has 1 aliphatic rings. The topological polar surface area (TPSA) is 101 Å². The van der Waals surface area contributed by atoms with Crippen LogP contribution in [0.25, 0.3) is 0 Å². The number of ether oxygens (including phenoxy) is 1. The highest BCUT2D eigenvalue weighted by molar-refractivity contribution is 6.31. The number of amides is 3. The summed E-state index contributed by atoms with van der Waals surface area (Å²) in [6.07, 6.45) is 4.08. The number of carbonyl (C=O) groups excluding carboxylic acids is 3. The van der Waals surface area contributed by atoms with E-state index in [0.29, 0.717) is 42.2 Å². The monoisotopic (exact) mass is 534 g/mol. The Morgan fingerprint density at radius 1 is 1.03 bits per heavy atom. The third kappa shape index (κ3) is 6.69. The molecule has 0 unspecified atom stereocenters. The Hall–Kier alpha value is -3.91. The molecule has 0 radical (unpaired) electrons. The highest BCUT2D eigenvalue weighted by atomic mass is 35.5. The molecule has 1 saturated heterocycles. The number of pyridine rings is 1. The predicted octanol–water partition coefficient (Wildman–Crippen LogP) is 5.08. The number of likely N-dealkylation sites (tertiary alicyclic amines) is 1. The van der Waals surface area contributed by atoms with E-state index in [9.17, 15) is 14.4 Å². The molecule has 2 heterocycles. The van der Waals surface area contributed by atoms with Gasteiger partial charge in [0.05, 0.1) is 11.0 Å². The summed E-state index contributed by atoms with van der Waals surface area (Å²) < 4.78 is 5.57. The third-order valence-corrected chi connectivity index (χ3v) is 7.25. The number of piperidine rings is 1. The summed E-state index contributed by atoms with van der Waals surface area (Å²) in [5.74, 6) is -0.386. The molecular formula is C29H31ClN4O4. The largest absolute Gasteiger partial charge is 0.448 e. The lowest BCUT2D eigenvalue weighted by Gasteiger charge is -2.40. The van der Waals surface area contributed by atoms with Gasteiger partial charge < -0.3 is 15.0 Å². The third-order valence-electron chi connectivity index (χ3n) is 6.88. The number of aromatic nitrogens is 1. The Balaban J connectivity index is 1.43. The van der Waals surface area contributed by atoms with Crippen molar-refractivity contribution in [3.05, 3.63) is 94.8 Å². The molecule has 1 fully saturated rings. The summed E-state index contributed by atoms with van der Waals surface area (Å²) in [6, 6.07) is 18.2. The lowest BCUT2D eigenvalue weighted by Crippen LogP contribution is -2.52. The van der Waals surface area contributed by atoms with E-state index in [1.807, 2.05) is 42.5 Å². The lowest BCUT2D eigenvalue weighted by molar-refractivity contribution is -0.136. The maximum absolute atomic E-state index is 13.5. The molecular weight excluding hydrogens is 504 g/mol. The zero-order valence-electron chi connectivity index (χ0n) is 21.3. The van der Waals surface area contributed by atoms with Crippen molar-refractivity contribution in [2.24, 2.45) is 5.41 Å². The summed E-state index contributed by atoms with van der Waals surface area (Å²) >= 11 is 6.26. The number of nitrogens with zero attached hydrogens (tertiary/aromatic N) is 2. The van der Waals surface area contributed by atoms with Gasteiger partial charge in [0.2, 0.25) is 5.91 Å². The van der Waals surface area contributed by atoms with Crippen LogP contribution < -0.4 is 10.6 Å². The second kappa shape index (κ2) is 12.6. The maximum atomic E-state index is 13.5. The Morgan fingerprint density at radius 3 is 2.42 bits per heavy atom. The van der Waals surface area contributed by atoms with Crippen LogP contribution in [-0.2, 0) is 22.5 Å². The highest BCUT2D eigenvalue weighted by Crippen LogP contribution is 2.33. The van der Waals surface area contributed by atoms with Gasteiger partial charge in [0, 0.05) is 42.7 Å². The molecule has 1 aromatic heterocycles. The number of rotatable bonds is 8.